The molecule has 0 aliphatic carbocycles. The van der Waals surface area contributed by atoms with Crippen LogP contribution in [-0.4, -0.2) is 24.5 Å². The van der Waals surface area contributed by atoms with Gasteiger partial charge in [-0.05, 0) is 18.9 Å². The molecule has 2 rings (SSSR count). The number of piperazine rings is 1. The van der Waals surface area contributed by atoms with Gasteiger partial charge in [-0.1, -0.05) is 30.3 Å². The van der Waals surface area contributed by atoms with E-state index in [9.17, 15) is 4.79 Å². The molecule has 1 aliphatic rings. The van der Waals surface area contributed by atoms with E-state index in [1.54, 1.807) is 0 Å². The quantitative estimate of drug-likeness (QED) is 0.744. The summed E-state index contributed by atoms with van der Waals surface area (Å²) >= 11 is 0. The lowest BCUT2D eigenvalue weighted by molar-refractivity contribution is -0.124. The fourth-order valence-corrected chi connectivity index (χ4v) is 1.86. The first-order valence-electron chi connectivity index (χ1n) is 5.33. The molecule has 0 bridgehead atoms. The third kappa shape index (κ3) is 2.57. The first kappa shape index (κ1) is 10.2. The fraction of sp³-hybridized carbons (Fsp3) is 0.417. The molecule has 15 heavy (non-hydrogen) atoms. The lowest BCUT2D eigenvalue weighted by atomic mass is 10.0. The molecule has 3 nitrogen and oxygen atoms in total. The molecule has 0 aromatic heterocycles. The van der Waals surface area contributed by atoms with Crippen LogP contribution >= 0.6 is 0 Å². The van der Waals surface area contributed by atoms with E-state index in [-0.39, 0.29) is 11.9 Å². The maximum Gasteiger partial charge on any atom is 0.237 e. The highest BCUT2D eigenvalue weighted by molar-refractivity contribution is 5.82. The lowest BCUT2D eigenvalue weighted by Crippen LogP contribution is -2.58. The second-order valence-electron chi connectivity index (χ2n) is 4.06. The van der Waals surface area contributed by atoms with Crippen LogP contribution in [0.3, 0.4) is 0 Å². The second kappa shape index (κ2) is 4.45. The minimum atomic E-state index is -0.0869. The monoisotopic (exact) mass is 204 g/mol. The molecule has 3 heteroatoms. The summed E-state index contributed by atoms with van der Waals surface area (Å²) in [5.74, 6) is 0.108. The third-order valence-electron chi connectivity index (χ3n) is 2.67. The Hall–Kier alpha value is -1.35. The molecular formula is C12H16N2O. The van der Waals surface area contributed by atoms with Crippen LogP contribution in [0.25, 0.3) is 0 Å². The lowest BCUT2D eigenvalue weighted by Gasteiger charge is -2.28. The number of hydrogen-bond donors (Lipinski definition) is 2. The summed E-state index contributed by atoms with van der Waals surface area (Å²) in [6.07, 6.45) is 0.761. The Bertz CT molecular complexity index is 337. The maximum absolute atomic E-state index is 11.6. The van der Waals surface area contributed by atoms with Gasteiger partial charge in [-0.15, -0.1) is 0 Å². The Balaban J connectivity index is 2.01. The molecule has 1 fully saturated rings. The summed E-state index contributed by atoms with van der Waals surface area (Å²) in [4.78, 5) is 11.6. The first-order valence-corrected chi connectivity index (χ1v) is 5.33. The first-order chi connectivity index (χ1) is 7.25. The smallest absolute Gasteiger partial charge is 0.237 e. The van der Waals surface area contributed by atoms with Crippen molar-refractivity contribution in [2.45, 2.75) is 25.4 Å². The zero-order valence-electron chi connectivity index (χ0n) is 8.86. The average Bonchev–Trinajstić information content (AvgIpc) is 2.25. The zero-order valence-corrected chi connectivity index (χ0v) is 8.86. The molecule has 1 aromatic rings. The van der Waals surface area contributed by atoms with Gasteiger partial charge in [0.15, 0.2) is 0 Å². The van der Waals surface area contributed by atoms with E-state index in [1.165, 1.54) is 5.56 Å². The maximum atomic E-state index is 11.6. The predicted molar refractivity (Wildman–Crippen MR) is 59.5 cm³/mol. The number of amides is 1. The van der Waals surface area contributed by atoms with Gasteiger partial charge in [0, 0.05) is 12.6 Å². The van der Waals surface area contributed by atoms with Gasteiger partial charge in [0.25, 0.3) is 0 Å². The van der Waals surface area contributed by atoms with Crippen molar-refractivity contribution in [2.75, 3.05) is 6.54 Å². The number of benzene rings is 1. The van der Waals surface area contributed by atoms with Gasteiger partial charge in [0.05, 0.1) is 6.04 Å². The Morgan fingerprint density at radius 2 is 2.07 bits per heavy atom. The fourth-order valence-electron chi connectivity index (χ4n) is 1.86. The van der Waals surface area contributed by atoms with Gasteiger partial charge < -0.3 is 10.6 Å². The predicted octanol–water partition coefficient (Wildman–Crippen LogP) is 0.706. The van der Waals surface area contributed by atoms with E-state index in [0.29, 0.717) is 6.04 Å². The van der Waals surface area contributed by atoms with E-state index in [1.807, 2.05) is 30.3 Å². The van der Waals surface area contributed by atoms with Gasteiger partial charge >= 0.3 is 0 Å². The molecule has 1 saturated heterocycles. The number of nitrogens with one attached hydrogen (secondary N) is 2. The topological polar surface area (TPSA) is 41.1 Å². The number of carbonyl (C=O) groups is 1. The second-order valence-corrected chi connectivity index (χ2v) is 4.06. The van der Waals surface area contributed by atoms with Crippen molar-refractivity contribution in [3.05, 3.63) is 35.9 Å². The molecule has 1 amide bonds. The van der Waals surface area contributed by atoms with Crippen molar-refractivity contribution in [1.29, 1.82) is 0 Å². The minimum absolute atomic E-state index is 0.0869. The Morgan fingerprint density at radius 3 is 2.80 bits per heavy atom. The van der Waals surface area contributed by atoms with Crippen molar-refractivity contribution in [3.63, 3.8) is 0 Å². The summed E-state index contributed by atoms with van der Waals surface area (Å²) in [6, 6.07) is 10.4. The number of hydrogen-bond acceptors (Lipinski definition) is 2. The van der Waals surface area contributed by atoms with Crippen LogP contribution < -0.4 is 10.6 Å². The molecule has 2 unspecified atom stereocenters. The van der Waals surface area contributed by atoms with Gasteiger partial charge in [-0.3, -0.25) is 4.79 Å². The van der Waals surface area contributed by atoms with Crippen LogP contribution in [0.4, 0.5) is 0 Å². The molecule has 2 N–H and O–H groups in total. The van der Waals surface area contributed by atoms with Crippen molar-refractivity contribution in [3.8, 4) is 0 Å². The van der Waals surface area contributed by atoms with Crippen LogP contribution in [0, 0.1) is 0 Å². The minimum Gasteiger partial charge on any atom is -0.353 e. The van der Waals surface area contributed by atoms with Crippen molar-refractivity contribution in [1.82, 2.24) is 10.6 Å². The van der Waals surface area contributed by atoms with E-state index < -0.39 is 0 Å². The molecule has 1 aromatic carbocycles. The van der Waals surface area contributed by atoms with Crippen LogP contribution in [0.1, 0.15) is 12.5 Å². The highest BCUT2D eigenvalue weighted by Crippen LogP contribution is 2.06. The van der Waals surface area contributed by atoms with Crippen molar-refractivity contribution in [2.24, 2.45) is 0 Å². The van der Waals surface area contributed by atoms with Gasteiger partial charge in [-0.2, -0.15) is 0 Å². The van der Waals surface area contributed by atoms with Crippen molar-refractivity contribution >= 4 is 5.91 Å². The number of carbonyl (C=O) groups excluding carboxylic acids is 1. The van der Waals surface area contributed by atoms with Crippen molar-refractivity contribution < 1.29 is 4.79 Å². The number of rotatable bonds is 2. The Kier molecular flexibility index (Phi) is 3.02. The van der Waals surface area contributed by atoms with Crippen LogP contribution in [0.2, 0.25) is 0 Å². The molecule has 80 valence electrons. The highest BCUT2D eigenvalue weighted by atomic mass is 16.2. The van der Waals surface area contributed by atoms with E-state index in [0.717, 1.165) is 13.0 Å². The molecule has 0 saturated carbocycles. The standard InChI is InChI=1S/C12H16N2O/c1-9-8-13-12(15)11(14-9)7-10-5-3-2-4-6-10/h2-6,9,11,14H,7-8H2,1H3,(H,13,15). The molecule has 1 heterocycles. The Morgan fingerprint density at radius 1 is 1.33 bits per heavy atom. The van der Waals surface area contributed by atoms with Crippen LogP contribution in [0.5, 0.6) is 0 Å². The zero-order chi connectivity index (χ0) is 10.7. The van der Waals surface area contributed by atoms with Gasteiger partial charge in [0.1, 0.15) is 0 Å². The van der Waals surface area contributed by atoms with Gasteiger partial charge in [0.2, 0.25) is 5.91 Å². The summed E-state index contributed by atoms with van der Waals surface area (Å²) in [7, 11) is 0. The molecule has 1 aliphatic heterocycles. The summed E-state index contributed by atoms with van der Waals surface area (Å²) in [5, 5.41) is 6.20. The van der Waals surface area contributed by atoms with E-state index in [2.05, 4.69) is 17.6 Å². The summed E-state index contributed by atoms with van der Waals surface area (Å²) in [6.45, 7) is 2.81. The summed E-state index contributed by atoms with van der Waals surface area (Å²) in [5.41, 5.74) is 1.19. The molecular weight excluding hydrogens is 188 g/mol. The highest BCUT2D eigenvalue weighted by Gasteiger charge is 2.24. The SMILES string of the molecule is CC1CNC(=O)C(Cc2ccccc2)N1. The van der Waals surface area contributed by atoms with E-state index in [4.69, 9.17) is 0 Å². The van der Waals surface area contributed by atoms with Crippen LogP contribution in [0.15, 0.2) is 30.3 Å². The molecule has 2 atom stereocenters. The average molecular weight is 204 g/mol. The third-order valence-corrected chi connectivity index (χ3v) is 2.67. The Labute approximate surface area is 89.9 Å². The largest absolute Gasteiger partial charge is 0.353 e. The normalized spacial score (nSPS) is 26.1. The van der Waals surface area contributed by atoms with E-state index >= 15 is 0 Å². The van der Waals surface area contributed by atoms with Crippen LogP contribution in [-0.2, 0) is 11.2 Å². The van der Waals surface area contributed by atoms with Gasteiger partial charge in [-0.25, -0.2) is 0 Å². The molecule has 0 spiro atoms. The summed E-state index contributed by atoms with van der Waals surface area (Å²) < 4.78 is 0. The molecule has 0 radical (unpaired) electrons.